The third-order valence-corrected chi connectivity index (χ3v) is 4.66. The standard InChI is InChI=1S/C21H23NO2/c1-13(2)16-10-17(15(4)9-21(16)24-5)18-11-19-14(3)7-6-8-22(19)20(18)12-23/h6-13H,1-5H3. The zero-order valence-corrected chi connectivity index (χ0v) is 14.9. The Labute approximate surface area is 142 Å². The summed E-state index contributed by atoms with van der Waals surface area (Å²) in [6.45, 7) is 8.43. The summed E-state index contributed by atoms with van der Waals surface area (Å²) in [6, 6.07) is 10.4. The molecule has 124 valence electrons. The first-order valence-electron chi connectivity index (χ1n) is 8.22. The van der Waals surface area contributed by atoms with E-state index in [2.05, 4.69) is 52.0 Å². The van der Waals surface area contributed by atoms with E-state index in [0.717, 1.165) is 45.4 Å². The van der Waals surface area contributed by atoms with Gasteiger partial charge < -0.3 is 9.14 Å². The maximum absolute atomic E-state index is 11.8. The van der Waals surface area contributed by atoms with Crippen LogP contribution in [-0.4, -0.2) is 17.8 Å². The summed E-state index contributed by atoms with van der Waals surface area (Å²) in [7, 11) is 1.70. The van der Waals surface area contributed by atoms with Crippen LogP contribution in [0.2, 0.25) is 0 Å². The van der Waals surface area contributed by atoms with E-state index >= 15 is 0 Å². The van der Waals surface area contributed by atoms with Gasteiger partial charge in [-0.2, -0.15) is 0 Å². The normalized spacial score (nSPS) is 11.2. The molecule has 0 aliphatic heterocycles. The van der Waals surface area contributed by atoms with Crippen LogP contribution in [0.15, 0.2) is 36.5 Å². The highest BCUT2D eigenvalue weighted by atomic mass is 16.5. The molecular formula is C21H23NO2. The minimum atomic E-state index is 0.345. The lowest BCUT2D eigenvalue weighted by Gasteiger charge is -2.16. The van der Waals surface area contributed by atoms with E-state index in [1.165, 1.54) is 0 Å². The van der Waals surface area contributed by atoms with Gasteiger partial charge in [0, 0.05) is 17.3 Å². The number of rotatable bonds is 4. The highest BCUT2D eigenvalue weighted by molar-refractivity contribution is 5.91. The average molecular weight is 321 g/mol. The molecule has 3 nitrogen and oxygen atoms in total. The summed E-state index contributed by atoms with van der Waals surface area (Å²) in [5.74, 6) is 1.25. The number of hydrogen-bond donors (Lipinski definition) is 0. The van der Waals surface area contributed by atoms with Gasteiger partial charge in [-0.1, -0.05) is 19.9 Å². The van der Waals surface area contributed by atoms with E-state index < -0.39 is 0 Å². The van der Waals surface area contributed by atoms with Crippen LogP contribution >= 0.6 is 0 Å². The molecule has 1 aromatic carbocycles. The summed E-state index contributed by atoms with van der Waals surface area (Å²) in [5.41, 5.74) is 7.23. The zero-order valence-electron chi connectivity index (χ0n) is 14.9. The van der Waals surface area contributed by atoms with Gasteiger partial charge in [-0.25, -0.2) is 0 Å². The molecule has 0 atom stereocenters. The smallest absolute Gasteiger partial charge is 0.167 e. The topological polar surface area (TPSA) is 30.7 Å². The molecule has 0 spiro atoms. The Morgan fingerprint density at radius 1 is 1.08 bits per heavy atom. The number of aldehydes is 1. The molecule has 0 unspecified atom stereocenters. The number of ether oxygens (including phenoxy) is 1. The largest absolute Gasteiger partial charge is 0.496 e. The van der Waals surface area contributed by atoms with Gasteiger partial charge in [0.1, 0.15) is 5.75 Å². The molecule has 2 aromatic heterocycles. The average Bonchev–Trinajstić information content (AvgIpc) is 2.93. The first-order chi connectivity index (χ1) is 11.5. The quantitative estimate of drug-likeness (QED) is 0.621. The molecular weight excluding hydrogens is 298 g/mol. The van der Waals surface area contributed by atoms with Gasteiger partial charge in [0.05, 0.1) is 12.8 Å². The van der Waals surface area contributed by atoms with Crippen LogP contribution in [0.1, 0.15) is 46.9 Å². The van der Waals surface area contributed by atoms with Gasteiger partial charge in [-0.3, -0.25) is 4.79 Å². The van der Waals surface area contributed by atoms with E-state index in [-0.39, 0.29) is 0 Å². The van der Waals surface area contributed by atoms with Crippen LogP contribution in [0.25, 0.3) is 16.6 Å². The zero-order chi connectivity index (χ0) is 17.4. The van der Waals surface area contributed by atoms with Gasteiger partial charge in [0.15, 0.2) is 6.29 Å². The van der Waals surface area contributed by atoms with Crippen molar-refractivity contribution in [3.8, 4) is 16.9 Å². The third kappa shape index (κ3) is 2.50. The van der Waals surface area contributed by atoms with Crippen molar-refractivity contribution in [2.75, 3.05) is 7.11 Å². The lowest BCUT2D eigenvalue weighted by molar-refractivity contribution is 0.111. The molecule has 0 fully saturated rings. The monoisotopic (exact) mass is 321 g/mol. The van der Waals surface area contributed by atoms with Crippen molar-refractivity contribution < 1.29 is 9.53 Å². The minimum Gasteiger partial charge on any atom is -0.496 e. The van der Waals surface area contributed by atoms with Crippen LogP contribution in [-0.2, 0) is 0 Å². The van der Waals surface area contributed by atoms with Crippen molar-refractivity contribution >= 4 is 11.8 Å². The lowest BCUT2D eigenvalue weighted by atomic mass is 9.93. The number of carbonyl (C=O) groups excluding carboxylic acids is 1. The van der Waals surface area contributed by atoms with E-state index in [0.29, 0.717) is 11.6 Å². The second kappa shape index (κ2) is 6.16. The molecule has 0 aliphatic rings. The molecule has 3 heteroatoms. The number of pyridine rings is 1. The molecule has 0 bridgehead atoms. The molecule has 0 saturated heterocycles. The van der Waals surface area contributed by atoms with E-state index in [4.69, 9.17) is 4.74 Å². The van der Waals surface area contributed by atoms with Gasteiger partial charge in [0.2, 0.25) is 0 Å². The Hall–Kier alpha value is -2.55. The predicted molar refractivity (Wildman–Crippen MR) is 98.3 cm³/mol. The Kier molecular flexibility index (Phi) is 4.18. The van der Waals surface area contributed by atoms with E-state index in [1.807, 2.05) is 16.7 Å². The van der Waals surface area contributed by atoms with Crippen molar-refractivity contribution in [2.24, 2.45) is 0 Å². The molecule has 3 rings (SSSR count). The van der Waals surface area contributed by atoms with Crippen LogP contribution < -0.4 is 4.74 Å². The van der Waals surface area contributed by atoms with Gasteiger partial charge in [-0.05, 0) is 66.3 Å². The predicted octanol–water partition coefficient (Wildman–Crippen LogP) is 5.17. The molecule has 0 N–H and O–H groups in total. The molecule has 2 heterocycles. The highest BCUT2D eigenvalue weighted by Crippen LogP contribution is 2.37. The molecule has 0 radical (unpaired) electrons. The number of nitrogens with zero attached hydrogens (tertiary/aromatic N) is 1. The summed E-state index contributed by atoms with van der Waals surface area (Å²) >= 11 is 0. The van der Waals surface area contributed by atoms with Crippen molar-refractivity contribution in [1.82, 2.24) is 4.40 Å². The molecule has 24 heavy (non-hydrogen) atoms. The maximum atomic E-state index is 11.8. The summed E-state index contributed by atoms with van der Waals surface area (Å²) in [6.07, 6.45) is 2.89. The van der Waals surface area contributed by atoms with E-state index in [1.54, 1.807) is 7.11 Å². The minimum absolute atomic E-state index is 0.345. The highest BCUT2D eigenvalue weighted by Gasteiger charge is 2.17. The van der Waals surface area contributed by atoms with Crippen molar-refractivity contribution in [1.29, 1.82) is 0 Å². The molecule has 0 amide bonds. The molecule has 0 aliphatic carbocycles. The Balaban J connectivity index is 2.33. The van der Waals surface area contributed by atoms with Gasteiger partial charge >= 0.3 is 0 Å². The van der Waals surface area contributed by atoms with Crippen LogP contribution in [0.5, 0.6) is 5.75 Å². The number of fused-ring (bicyclic) bond motifs is 1. The Morgan fingerprint density at radius 3 is 2.46 bits per heavy atom. The van der Waals surface area contributed by atoms with Crippen LogP contribution in [0.3, 0.4) is 0 Å². The number of benzene rings is 1. The number of hydrogen-bond acceptors (Lipinski definition) is 2. The number of carbonyl (C=O) groups is 1. The Bertz CT molecular complexity index is 919. The molecule has 3 aromatic rings. The fraction of sp³-hybridized carbons (Fsp3) is 0.286. The molecule has 0 saturated carbocycles. The maximum Gasteiger partial charge on any atom is 0.167 e. The third-order valence-electron chi connectivity index (χ3n) is 4.66. The first kappa shape index (κ1) is 16.3. The lowest BCUT2D eigenvalue weighted by Crippen LogP contribution is -1.98. The fourth-order valence-corrected chi connectivity index (χ4v) is 3.32. The first-order valence-corrected chi connectivity index (χ1v) is 8.22. The number of aryl methyl sites for hydroxylation is 2. The van der Waals surface area contributed by atoms with E-state index in [9.17, 15) is 4.79 Å². The van der Waals surface area contributed by atoms with Gasteiger partial charge in [0.25, 0.3) is 0 Å². The van der Waals surface area contributed by atoms with Crippen molar-refractivity contribution in [3.63, 3.8) is 0 Å². The summed E-state index contributed by atoms with van der Waals surface area (Å²) in [5, 5.41) is 0. The van der Waals surface area contributed by atoms with Crippen molar-refractivity contribution in [3.05, 3.63) is 58.9 Å². The summed E-state index contributed by atoms with van der Waals surface area (Å²) < 4.78 is 7.51. The second-order valence-corrected chi connectivity index (χ2v) is 6.57. The Morgan fingerprint density at radius 2 is 1.83 bits per heavy atom. The van der Waals surface area contributed by atoms with Crippen LogP contribution in [0.4, 0.5) is 0 Å². The van der Waals surface area contributed by atoms with Crippen molar-refractivity contribution in [2.45, 2.75) is 33.6 Å². The SMILES string of the molecule is COc1cc(C)c(-c2cc3c(C)cccn3c2C=O)cc1C(C)C. The fourth-order valence-electron chi connectivity index (χ4n) is 3.32. The van der Waals surface area contributed by atoms with Crippen LogP contribution in [0, 0.1) is 13.8 Å². The summed E-state index contributed by atoms with van der Waals surface area (Å²) in [4.78, 5) is 11.8. The second-order valence-electron chi connectivity index (χ2n) is 6.57. The van der Waals surface area contributed by atoms with Gasteiger partial charge in [-0.15, -0.1) is 0 Å². The number of methoxy groups -OCH3 is 1. The number of aromatic nitrogens is 1.